The Kier molecular flexibility index (Phi) is 4.17. The van der Waals surface area contributed by atoms with Gasteiger partial charge in [0, 0.05) is 12.7 Å². The zero-order valence-electron chi connectivity index (χ0n) is 11.9. The van der Waals surface area contributed by atoms with Crippen molar-refractivity contribution in [3.63, 3.8) is 0 Å². The summed E-state index contributed by atoms with van der Waals surface area (Å²) in [5.74, 6) is 2.15. The Hall–Kier alpha value is -0.460. The number of allylic oxidation sites excluding steroid dienone is 2. The molecule has 0 aromatic carbocycles. The van der Waals surface area contributed by atoms with Gasteiger partial charge in [0.1, 0.15) is 0 Å². The maximum Gasteiger partial charge on any atom is 0.00321 e. The molecule has 0 radical (unpaired) electrons. The number of rotatable bonds is 5. The van der Waals surface area contributed by atoms with E-state index in [0.717, 1.165) is 11.8 Å². The van der Waals surface area contributed by atoms with Crippen LogP contribution in [0, 0.1) is 17.3 Å². The Balaban J connectivity index is 2.01. The molecule has 1 N–H and O–H groups in total. The Bertz CT molecular complexity index is 267. The third-order valence-corrected chi connectivity index (χ3v) is 5.22. The lowest BCUT2D eigenvalue weighted by Gasteiger charge is -2.29. The molecule has 1 heteroatoms. The molecule has 0 aliphatic heterocycles. The zero-order valence-corrected chi connectivity index (χ0v) is 11.9. The molecule has 2 unspecified atom stereocenters. The van der Waals surface area contributed by atoms with Crippen molar-refractivity contribution in [2.45, 2.75) is 65.2 Å². The van der Waals surface area contributed by atoms with Crippen LogP contribution < -0.4 is 5.32 Å². The van der Waals surface area contributed by atoms with E-state index in [1.807, 2.05) is 7.05 Å². The van der Waals surface area contributed by atoms with Crippen molar-refractivity contribution in [3.8, 4) is 0 Å². The molecule has 0 aromatic heterocycles. The van der Waals surface area contributed by atoms with Crippen LogP contribution in [0.3, 0.4) is 0 Å². The number of hydrogen-bond donors (Lipinski definition) is 1. The monoisotopic (exact) mass is 235 g/mol. The van der Waals surface area contributed by atoms with Crippen molar-refractivity contribution < 1.29 is 0 Å². The van der Waals surface area contributed by atoms with E-state index in [0.29, 0.717) is 5.41 Å². The second-order valence-electron chi connectivity index (χ2n) is 6.45. The van der Waals surface area contributed by atoms with Crippen molar-refractivity contribution in [1.29, 1.82) is 0 Å². The van der Waals surface area contributed by atoms with Gasteiger partial charge in [0.2, 0.25) is 0 Å². The lowest BCUT2D eigenvalue weighted by molar-refractivity contribution is 0.248. The van der Waals surface area contributed by atoms with Crippen LogP contribution in [0.5, 0.6) is 0 Å². The van der Waals surface area contributed by atoms with Crippen molar-refractivity contribution in [2.75, 3.05) is 7.05 Å². The Morgan fingerprint density at radius 3 is 2.47 bits per heavy atom. The summed E-state index contributed by atoms with van der Waals surface area (Å²) in [6, 6.07) is 0. The van der Waals surface area contributed by atoms with Gasteiger partial charge in [-0.2, -0.15) is 0 Å². The smallest absolute Gasteiger partial charge is 0.00321 e. The van der Waals surface area contributed by atoms with E-state index in [2.05, 4.69) is 25.2 Å². The van der Waals surface area contributed by atoms with E-state index in [1.165, 1.54) is 57.1 Å². The molecular weight excluding hydrogens is 206 g/mol. The van der Waals surface area contributed by atoms with Crippen molar-refractivity contribution in [1.82, 2.24) is 5.32 Å². The van der Waals surface area contributed by atoms with Crippen molar-refractivity contribution >= 4 is 0 Å². The van der Waals surface area contributed by atoms with Gasteiger partial charge in [-0.1, -0.05) is 38.7 Å². The highest BCUT2D eigenvalue weighted by Gasteiger charge is 2.45. The minimum absolute atomic E-state index is 0.655. The average Bonchev–Trinajstić information content (AvgIpc) is 2.85. The maximum atomic E-state index is 3.26. The summed E-state index contributed by atoms with van der Waals surface area (Å²) in [5.41, 5.74) is 2.00. The van der Waals surface area contributed by atoms with Crippen molar-refractivity contribution in [3.05, 3.63) is 11.8 Å². The summed E-state index contributed by atoms with van der Waals surface area (Å²) in [7, 11) is 2.03. The zero-order chi connectivity index (χ0) is 12.3. The van der Waals surface area contributed by atoms with Gasteiger partial charge in [0.25, 0.3) is 0 Å². The molecule has 2 aliphatic carbocycles. The van der Waals surface area contributed by atoms with Gasteiger partial charge in [-0.05, 0) is 49.9 Å². The summed E-state index contributed by atoms with van der Waals surface area (Å²) >= 11 is 0. The van der Waals surface area contributed by atoms with Crippen LogP contribution in [0.2, 0.25) is 0 Å². The van der Waals surface area contributed by atoms with Crippen LogP contribution in [0.4, 0.5) is 0 Å². The molecule has 98 valence electrons. The van der Waals surface area contributed by atoms with Gasteiger partial charge in [-0.15, -0.1) is 0 Å². The SMILES string of the molecule is CCCC1(C/C=C(\C)NC)CC2CCCC2C1. The van der Waals surface area contributed by atoms with Crippen LogP contribution >= 0.6 is 0 Å². The molecule has 0 spiro atoms. The van der Waals surface area contributed by atoms with Gasteiger partial charge in [-0.3, -0.25) is 0 Å². The standard InChI is InChI=1S/C16H29N/c1-4-9-16(10-8-13(2)17-3)11-14-6-5-7-15(14)12-16/h8,14-15,17H,4-7,9-12H2,1-3H3/b13-8+. The molecular formula is C16H29N. The summed E-state index contributed by atoms with van der Waals surface area (Å²) < 4.78 is 0. The lowest BCUT2D eigenvalue weighted by atomic mass is 9.76. The first-order valence-corrected chi connectivity index (χ1v) is 7.53. The van der Waals surface area contributed by atoms with Crippen LogP contribution in [-0.4, -0.2) is 7.05 Å². The lowest BCUT2D eigenvalue weighted by Crippen LogP contribution is -2.17. The first-order chi connectivity index (χ1) is 8.19. The molecule has 0 heterocycles. The molecule has 2 fully saturated rings. The van der Waals surface area contributed by atoms with E-state index >= 15 is 0 Å². The van der Waals surface area contributed by atoms with Crippen molar-refractivity contribution in [2.24, 2.45) is 17.3 Å². The van der Waals surface area contributed by atoms with Gasteiger partial charge in [0.15, 0.2) is 0 Å². The molecule has 0 aromatic rings. The Morgan fingerprint density at radius 1 is 1.29 bits per heavy atom. The molecule has 2 aliphatic rings. The quantitative estimate of drug-likeness (QED) is 0.740. The third-order valence-electron chi connectivity index (χ3n) is 5.22. The molecule has 0 saturated heterocycles. The fourth-order valence-corrected chi connectivity index (χ4v) is 4.32. The van der Waals surface area contributed by atoms with Gasteiger partial charge in [-0.25, -0.2) is 0 Å². The van der Waals surface area contributed by atoms with Crippen LogP contribution in [0.15, 0.2) is 11.8 Å². The van der Waals surface area contributed by atoms with Gasteiger partial charge < -0.3 is 5.32 Å². The second-order valence-corrected chi connectivity index (χ2v) is 6.45. The Morgan fingerprint density at radius 2 is 1.94 bits per heavy atom. The highest BCUT2D eigenvalue weighted by Crippen LogP contribution is 2.56. The van der Waals surface area contributed by atoms with E-state index in [-0.39, 0.29) is 0 Å². The predicted octanol–water partition coefficient (Wildman–Crippen LogP) is 4.50. The number of fused-ring (bicyclic) bond motifs is 1. The van der Waals surface area contributed by atoms with Crippen LogP contribution in [-0.2, 0) is 0 Å². The molecule has 1 nitrogen and oxygen atoms in total. The summed E-state index contributed by atoms with van der Waals surface area (Å²) in [5, 5.41) is 3.26. The highest BCUT2D eigenvalue weighted by molar-refractivity contribution is 5.03. The van der Waals surface area contributed by atoms with E-state index in [9.17, 15) is 0 Å². The van der Waals surface area contributed by atoms with Gasteiger partial charge >= 0.3 is 0 Å². The van der Waals surface area contributed by atoms with Gasteiger partial charge in [0.05, 0.1) is 0 Å². The van der Waals surface area contributed by atoms with Crippen LogP contribution in [0.1, 0.15) is 65.2 Å². The highest BCUT2D eigenvalue weighted by atomic mass is 14.8. The molecule has 17 heavy (non-hydrogen) atoms. The maximum absolute atomic E-state index is 3.26. The van der Waals surface area contributed by atoms with E-state index in [1.54, 1.807) is 0 Å². The minimum Gasteiger partial charge on any atom is -0.392 e. The summed E-state index contributed by atoms with van der Waals surface area (Å²) in [4.78, 5) is 0. The molecule has 0 bridgehead atoms. The first-order valence-electron chi connectivity index (χ1n) is 7.53. The average molecular weight is 235 g/mol. The molecule has 2 saturated carbocycles. The second kappa shape index (κ2) is 5.46. The van der Waals surface area contributed by atoms with E-state index < -0.39 is 0 Å². The molecule has 0 amide bonds. The molecule has 2 rings (SSSR count). The largest absolute Gasteiger partial charge is 0.392 e. The summed E-state index contributed by atoms with van der Waals surface area (Å²) in [6.45, 7) is 4.54. The minimum atomic E-state index is 0.655. The fourth-order valence-electron chi connectivity index (χ4n) is 4.32. The molecule has 2 atom stereocenters. The first kappa shape index (κ1) is 13.0. The van der Waals surface area contributed by atoms with Crippen LogP contribution in [0.25, 0.3) is 0 Å². The topological polar surface area (TPSA) is 12.0 Å². The number of hydrogen-bond acceptors (Lipinski definition) is 1. The normalized spacial score (nSPS) is 37.2. The van der Waals surface area contributed by atoms with E-state index in [4.69, 9.17) is 0 Å². The predicted molar refractivity (Wildman–Crippen MR) is 74.8 cm³/mol. The third kappa shape index (κ3) is 2.86. The Labute approximate surface area is 107 Å². The summed E-state index contributed by atoms with van der Waals surface area (Å²) in [6.07, 6.45) is 14.1. The number of nitrogens with one attached hydrogen (secondary N) is 1. The fraction of sp³-hybridized carbons (Fsp3) is 0.875.